The van der Waals surface area contributed by atoms with E-state index in [1.54, 1.807) is 0 Å². The molecule has 1 amide bonds. The molecule has 5 nitrogen and oxygen atoms in total. The lowest BCUT2D eigenvalue weighted by Gasteiger charge is -2.32. The van der Waals surface area contributed by atoms with Crippen LogP contribution >= 0.6 is 0 Å². The van der Waals surface area contributed by atoms with Gasteiger partial charge < -0.3 is 9.31 Å². The van der Waals surface area contributed by atoms with E-state index >= 15 is 0 Å². The van der Waals surface area contributed by atoms with E-state index in [1.807, 2.05) is 72.7 Å². The van der Waals surface area contributed by atoms with Gasteiger partial charge in [-0.05, 0) is 72.3 Å². The fourth-order valence-corrected chi connectivity index (χ4v) is 3.01. The summed E-state index contributed by atoms with van der Waals surface area (Å²) in [6.45, 7) is 13.9. The highest BCUT2D eigenvalue weighted by Crippen LogP contribution is 2.48. The molecule has 6 heteroatoms. The molecule has 0 radical (unpaired) electrons. The second kappa shape index (κ2) is 6.08. The van der Waals surface area contributed by atoms with Gasteiger partial charge in [0, 0.05) is 0 Å². The van der Waals surface area contributed by atoms with Crippen LogP contribution in [0.25, 0.3) is 0 Å². The van der Waals surface area contributed by atoms with E-state index in [9.17, 15) is 4.79 Å². The van der Waals surface area contributed by atoms with Crippen LogP contribution in [0.5, 0.6) is 0 Å². The van der Waals surface area contributed by atoms with Gasteiger partial charge in [-0.1, -0.05) is 24.3 Å². The molecular formula is C20H30BNO4. The average Bonchev–Trinajstić information content (AvgIpc) is 3.29. The maximum atomic E-state index is 12.6. The third kappa shape index (κ3) is 3.55. The zero-order chi connectivity index (χ0) is 19.4. The van der Waals surface area contributed by atoms with E-state index in [4.69, 9.17) is 14.1 Å². The van der Waals surface area contributed by atoms with Crippen molar-refractivity contribution in [2.24, 2.45) is 0 Å². The molecule has 0 atom stereocenters. The number of amides is 1. The first-order valence-corrected chi connectivity index (χ1v) is 9.31. The summed E-state index contributed by atoms with van der Waals surface area (Å²) in [7, 11) is -0.387. The molecule has 1 aromatic rings. The fraction of sp³-hybridized carbons (Fsp3) is 0.650. The predicted octanol–water partition coefficient (Wildman–Crippen LogP) is 2.86. The van der Waals surface area contributed by atoms with E-state index in [2.05, 4.69) is 5.48 Å². The Morgan fingerprint density at radius 3 is 1.96 bits per heavy atom. The number of hydrogen-bond acceptors (Lipinski definition) is 4. The van der Waals surface area contributed by atoms with Gasteiger partial charge in [-0.15, -0.1) is 0 Å². The maximum Gasteiger partial charge on any atom is 0.494 e. The minimum Gasteiger partial charge on any atom is -0.399 e. The van der Waals surface area contributed by atoms with Crippen molar-refractivity contribution in [2.45, 2.75) is 83.5 Å². The Kier molecular flexibility index (Phi) is 4.53. The highest BCUT2D eigenvalue weighted by Gasteiger charge is 2.53. The first-order chi connectivity index (χ1) is 11.9. The van der Waals surface area contributed by atoms with E-state index in [-0.39, 0.29) is 24.2 Å². The zero-order valence-electron chi connectivity index (χ0n) is 16.9. The second-order valence-electron chi connectivity index (χ2n) is 9.44. The minimum absolute atomic E-state index is 0.0733. The lowest BCUT2D eigenvalue weighted by molar-refractivity contribution is -0.148. The van der Waals surface area contributed by atoms with Crippen LogP contribution in [0.15, 0.2) is 24.3 Å². The topological polar surface area (TPSA) is 56.8 Å². The van der Waals surface area contributed by atoms with Gasteiger partial charge in [-0.2, -0.15) is 0 Å². The van der Waals surface area contributed by atoms with Gasteiger partial charge in [-0.3, -0.25) is 9.63 Å². The second-order valence-corrected chi connectivity index (χ2v) is 9.44. The number of hydroxylamine groups is 1. The molecular weight excluding hydrogens is 329 g/mol. The minimum atomic E-state index is -0.473. The Balaban J connectivity index is 1.71. The molecule has 0 unspecified atom stereocenters. The fourth-order valence-electron chi connectivity index (χ4n) is 3.01. The van der Waals surface area contributed by atoms with Crippen LogP contribution in [0.3, 0.4) is 0 Å². The summed E-state index contributed by atoms with van der Waals surface area (Å²) in [4.78, 5) is 18.1. The van der Waals surface area contributed by atoms with Crippen LogP contribution in [-0.2, 0) is 24.4 Å². The standard InChI is InChI=1S/C20H30BNO4/c1-17(2,3)26-22-16(23)20(12-13-20)14-8-10-15(11-9-14)21-24-18(4,5)19(6,7)25-21/h8-11H,12-13H2,1-7H3,(H,22,23). The van der Waals surface area contributed by atoms with Crippen LogP contribution in [0.1, 0.15) is 66.9 Å². The average molecular weight is 359 g/mol. The molecule has 26 heavy (non-hydrogen) atoms. The van der Waals surface area contributed by atoms with Crippen LogP contribution in [-0.4, -0.2) is 29.8 Å². The highest BCUT2D eigenvalue weighted by molar-refractivity contribution is 6.62. The van der Waals surface area contributed by atoms with E-state index in [0.29, 0.717) is 0 Å². The number of nitrogens with one attached hydrogen (secondary N) is 1. The van der Waals surface area contributed by atoms with Crippen molar-refractivity contribution in [3.05, 3.63) is 29.8 Å². The van der Waals surface area contributed by atoms with E-state index < -0.39 is 11.0 Å². The number of carbonyl (C=O) groups is 1. The number of benzene rings is 1. The van der Waals surface area contributed by atoms with Gasteiger partial charge in [0.2, 0.25) is 0 Å². The van der Waals surface area contributed by atoms with Crippen molar-refractivity contribution in [3.63, 3.8) is 0 Å². The lowest BCUT2D eigenvalue weighted by atomic mass is 9.78. The predicted molar refractivity (Wildman–Crippen MR) is 102 cm³/mol. The molecule has 1 N–H and O–H groups in total. The van der Waals surface area contributed by atoms with Gasteiger partial charge in [-0.25, -0.2) is 5.48 Å². The molecule has 2 aliphatic rings. The number of carbonyl (C=O) groups excluding carboxylic acids is 1. The van der Waals surface area contributed by atoms with Crippen LogP contribution in [0.4, 0.5) is 0 Å². The van der Waals surface area contributed by atoms with Gasteiger partial charge >= 0.3 is 7.12 Å². The molecule has 3 rings (SSSR count). The normalized spacial score (nSPS) is 23.0. The molecule has 1 saturated heterocycles. The Morgan fingerprint density at radius 2 is 1.54 bits per heavy atom. The first kappa shape index (κ1) is 19.4. The summed E-state index contributed by atoms with van der Waals surface area (Å²) in [5.41, 5.74) is 2.99. The lowest BCUT2D eigenvalue weighted by Crippen LogP contribution is -2.41. The van der Waals surface area contributed by atoms with Crippen LogP contribution < -0.4 is 10.9 Å². The number of hydrogen-bond donors (Lipinski definition) is 1. The molecule has 0 spiro atoms. The largest absolute Gasteiger partial charge is 0.494 e. The van der Waals surface area contributed by atoms with Crippen molar-refractivity contribution in [3.8, 4) is 0 Å². The Hall–Kier alpha value is -1.37. The highest BCUT2D eigenvalue weighted by atomic mass is 16.7. The third-order valence-electron chi connectivity index (χ3n) is 5.62. The molecule has 142 valence electrons. The maximum absolute atomic E-state index is 12.6. The zero-order valence-corrected chi connectivity index (χ0v) is 16.9. The smallest absolute Gasteiger partial charge is 0.399 e. The molecule has 0 aromatic heterocycles. The van der Waals surface area contributed by atoms with Crippen molar-refractivity contribution >= 4 is 18.5 Å². The summed E-state index contributed by atoms with van der Waals surface area (Å²) in [5.74, 6) is -0.0733. The summed E-state index contributed by atoms with van der Waals surface area (Å²) >= 11 is 0. The Labute approximate surface area is 156 Å². The summed E-state index contributed by atoms with van der Waals surface area (Å²) in [6, 6.07) is 8.00. The molecule has 0 bridgehead atoms. The van der Waals surface area contributed by atoms with Crippen LogP contribution in [0, 0.1) is 0 Å². The Morgan fingerprint density at radius 1 is 1.04 bits per heavy atom. The quantitative estimate of drug-likeness (QED) is 0.664. The van der Waals surface area contributed by atoms with Gasteiger partial charge in [0.1, 0.15) is 0 Å². The Bertz CT molecular complexity index is 671. The summed E-state index contributed by atoms with van der Waals surface area (Å²) in [5, 5.41) is 0. The monoisotopic (exact) mass is 359 g/mol. The van der Waals surface area contributed by atoms with Gasteiger partial charge in [0.25, 0.3) is 5.91 Å². The van der Waals surface area contributed by atoms with Crippen molar-refractivity contribution in [2.75, 3.05) is 0 Å². The molecule has 1 aliphatic carbocycles. The first-order valence-electron chi connectivity index (χ1n) is 9.31. The summed E-state index contributed by atoms with van der Waals surface area (Å²) < 4.78 is 12.2. The van der Waals surface area contributed by atoms with E-state index in [1.165, 1.54) is 0 Å². The van der Waals surface area contributed by atoms with Crippen LogP contribution in [0.2, 0.25) is 0 Å². The molecule has 2 fully saturated rings. The third-order valence-corrected chi connectivity index (χ3v) is 5.62. The van der Waals surface area contributed by atoms with Crippen molar-refractivity contribution in [1.82, 2.24) is 5.48 Å². The molecule has 1 aliphatic heterocycles. The van der Waals surface area contributed by atoms with Crippen molar-refractivity contribution < 1.29 is 18.9 Å². The van der Waals surface area contributed by atoms with Crippen molar-refractivity contribution in [1.29, 1.82) is 0 Å². The number of rotatable bonds is 4. The van der Waals surface area contributed by atoms with E-state index in [0.717, 1.165) is 23.9 Å². The molecule has 1 saturated carbocycles. The SMILES string of the molecule is CC(C)(C)ONC(=O)C1(c2ccc(B3OC(C)(C)C(C)(C)O3)cc2)CC1. The van der Waals surface area contributed by atoms with Gasteiger partial charge in [0.05, 0.1) is 22.2 Å². The molecule has 1 aromatic carbocycles. The van der Waals surface area contributed by atoms with Gasteiger partial charge in [0.15, 0.2) is 0 Å². The molecule has 1 heterocycles. The summed E-state index contributed by atoms with van der Waals surface area (Å²) in [6.07, 6.45) is 1.67.